The number of fused-ring (bicyclic) bond motifs is 2. The summed E-state index contributed by atoms with van der Waals surface area (Å²) in [5, 5.41) is 13.0. The third-order valence-electron chi connectivity index (χ3n) is 6.67. The normalized spacial score (nSPS) is 16.6. The Morgan fingerprint density at radius 1 is 1.13 bits per heavy atom. The summed E-state index contributed by atoms with van der Waals surface area (Å²) in [5.74, 6) is -2.06. The first-order chi connectivity index (χ1) is 18.1. The summed E-state index contributed by atoms with van der Waals surface area (Å²) in [6.45, 7) is 1.66. The Hall–Kier alpha value is -4.64. The summed E-state index contributed by atoms with van der Waals surface area (Å²) >= 11 is 5.95. The van der Waals surface area contributed by atoms with Crippen molar-refractivity contribution in [2.75, 3.05) is 11.1 Å². The van der Waals surface area contributed by atoms with Gasteiger partial charge in [-0.2, -0.15) is 0 Å². The number of hydrogen-bond donors (Lipinski definition) is 3. The lowest BCUT2D eigenvalue weighted by atomic mass is 9.77. The van der Waals surface area contributed by atoms with Crippen LogP contribution in [0.3, 0.4) is 0 Å². The predicted octanol–water partition coefficient (Wildman–Crippen LogP) is 4.25. The fourth-order valence-electron chi connectivity index (χ4n) is 4.69. The van der Waals surface area contributed by atoms with Crippen LogP contribution in [-0.4, -0.2) is 35.4 Å². The molecule has 1 aliphatic heterocycles. The fourth-order valence-corrected chi connectivity index (χ4v) is 4.80. The van der Waals surface area contributed by atoms with Crippen molar-refractivity contribution in [3.8, 4) is 17.3 Å². The van der Waals surface area contributed by atoms with Crippen LogP contribution in [0.5, 0.6) is 5.75 Å². The number of phenols is 1. The van der Waals surface area contributed by atoms with E-state index in [1.165, 1.54) is 18.2 Å². The molecule has 4 heterocycles. The number of aromatic hydroxyl groups is 1. The van der Waals surface area contributed by atoms with Gasteiger partial charge >= 0.3 is 0 Å². The average molecular weight is 534 g/mol. The molecule has 1 atom stereocenters. The number of nitrogens with one attached hydrogen (secondary N) is 1. The molecule has 0 unspecified atom stereocenters. The monoisotopic (exact) mass is 533 g/mol. The van der Waals surface area contributed by atoms with Gasteiger partial charge in [0.1, 0.15) is 28.5 Å². The van der Waals surface area contributed by atoms with Crippen LogP contribution in [-0.2, 0) is 16.6 Å². The Morgan fingerprint density at radius 2 is 1.95 bits per heavy atom. The van der Waals surface area contributed by atoms with Gasteiger partial charge in [0.2, 0.25) is 5.91 Å². The molecule has 0 radical (unpaired) electrons. The molecular formula is C26H18ClF2N7O2. The maximum atomic E-state index is 13.8. The number of hydrogen-bond acceptors (Lipinski definition) is 7. The first-order valence-corrected chi connectivity index (χ1v) is 11.8. The van der Waals surface area contributed by atoms with Crippen molar-refractivity contribution in [1.82, 2.24) is 24.3 Å². The van der Waals surface area contributed by atoms with E-state index in [1.807, 2.05) is 0 Å². The highest BCUT2D eigenvalue weighted by molar-refractivity contribution is 6.32. The van der Waals surface area contributed by atoms with Gasteiger partial charge in [0.05, 0.1) is 16.3 Å². The molecule has 1 amide bonds. The van der Waals surface area contributed by atoms with Crippen molar-refractivity contribution in [2.45, 2.75) is 18.8 Å². The van der Waals surface area contributed by atoms with Crippen LogP contribution in [0.15, 0.2) is 55.0 Å². The molecule has 1 aliphatic rings. The second-order valence-corrected chi connectivity index (χ2v) is 9.46. The standard InChI is InChI=1S/C26H18ClF2N7O2/c1-26(13-3-4-14(27)19(37)10-13)20-21(30)33-22(34-23(20)35-25(26)38)18-11-36-7-6-31-24(36)17(32-18)9-12-2-5-15(28)16(29)8-12/h2-8,10-11,37H,9H2,1H3,(H3,30,33,34,35,38)/t26-/m1/s1. The minimum atomic E-state index is -1.28. The number of rotatable bonds is 4. The van der Waals surface area contributed by atoms with E-state index in [2.05, 4.69) is 25.3 Å². The van der Waals surface area contributed by atoms with Crippen LogP contribution >= 0.6 is 11.6 Å². The average Bonchev–Trinajstić information content (AvgIpc) is 3.46. The highest BCUT2D eigenvalue weighted by atomic mass is 35.5. The van der Waals surface area contributed by atoms with Crippen LogP contribution < -0.4 is 11.1 Å². The molecule has 0 saturated heterocycles. The van der Waals surface area contributed by atoms with Crippen molar-refractivity contribution >= 4 is 34.8 Å². The van der Waals surface area contributed by atoms with Gasteiger partial charge in [-0.25, -0.2) is 28.7 Å². The van der Waals surface area contributed by atoms with E-state index in [1.54, 1.807) is 36.0 Å². The molecule has 38 heavy (non-hydrogen) atoms. The zero-order valence-corrected chi connectivity index (χ0v) is 20.5. The number of benzene rings is 2. The van der Waals surface area contributed by atoms with Gasteiger partial charge in [-0.15, -0.1) is 0 Å². The number of imidazole rings is 1. The Morgan fingerprint density at radius 3 is 2.71 bits per heavy atom. The van der Waals surface area contributed by atoms with Gasteiger partial charge in [-0.1, -0.05) is 23.7 Å². The number of anilines is 2. The number of carbonyl (C=O) groups excluding carboxylic acids is 1. The van der Waals surface area contributed by atoms with E-state index in [9.17, 15) is 18.7 Å². The molecule has 5 aromatic rings. The van der Waals surface area contributed by atoms with Gasteiger partial charge in [0, 0.05) is 25.0 Å². The third kappa shape index (κ3) is 3.62. The molecule has 0 aliphatic carbocycles. The SMILES string of the molecule is C[C@]1(c2ccc(Cl)c(O)c2)C(=O)Nc2nc(-c3cn4ccnc4c(Cc4ccc(F)c(F)c4)n3)nc(N)c21. The molecule has 0 bridgehead atoms. The van der Waals surface area contributed by atoms with E-state index in [0.717, 1.165) is 12.1 Å². The Kier molecular flexibility index (Phi) is 5.28. The number of nitrogens with zero attached hydrogens (tertiary/aromatic N) is 5. The largest absolute Gasteiger partial charge is 0.506 e. The number of nitrogens with two attached hydrogens (primary N) is 1. The summed E-state index contributed by atoms with van der Waals surface area (Å²) in [6, 6.07) is 8.17. The number of halogens is 3. The summed E-state index contributed by atoms with van der Waals surface area (Å²) in [7, 11) is 0. The lowest BCUT2D eigenvalue weighted by molar-refractivity contribution is -0.119. The maximum absolute atomic E-state index is 13.8. The lowest BCUT2D eigenvalue weighted by Crippen LogP contribution is -2.32. The molecule has 3 aromatic heterocycles. The van der Waals surface area contributed by atoms with Crippen molar-refractivity contribution < 1.29 is 18.7 Å². The highest BCUT2D eigenvalue weighted by Crippen LogP contribution is 2.46. The van der Waals surface area contributed by atoms with Gasteiger partial charge < -0.3 is 20.6 Å². The minimum absolute atomic E-state index is 0.0509. The lowest BCUT2D eigenvalue weighted by Gasteiger charge is -2.23. The smallest absolute Gasteiger partial charge is 0.240 e. The first-order valence-electron chi connectivity index (χ1n) is 11.4. The van der Waals surface area contributed by atoms with Crippen molar-refractivity contribution in [3.63, 3.8) is 0 Å². The van der Waals surface area contributed by atoms with E-state index < -0.39 is 23.0 Å². The highest BCUT2D eigenvalue weighted by Gasteiger charge is 2.47. The first kappa shape index (κ1) is 23.7. The van der Waals surface area contributed by atoms with Crippen molar-refractivity contribution in [1.29, 1.82) is 0 Å². The molecule has 0 fully saturated rings. The predicted molar refractivity (Wildman–Crippen MR) is 136 cm³/mol. The molecule has 6 rings (SSSR count). The second-order valence-electron chi connectivity index (χ2n) is 9.06. The van der Waals surface area contributed by atoms with Gasteiger partial charge in [0.25, 0.3) is 0 Å². The fraction of sp³-hybridized carbons (Fsp3) is 0.115. The molecule has 9 nitrogen and oxygen atoms in total. The maximum Gasteiger partial charge on any atom is 0.240 e. The zero-order chi connectivity index (χ0) is 26.8. The molecule has 190 valence electrons. The van der Waals surface area contributed by atoms with Crippen molar-refractivity contribution in [2.24, 2.45) is 0 Å². The summed E-state index contributed by atoms with van der Waals surface area (Å²) < 4.78 is 28.9. The third-order valence-corrected chi connectivity index (χ3v) is 6.99. The van der Waals surface area contributed by atoms with E-state index in [0.29, 0.717) is 33.7 Å². The van der Waals surface area contributed by atoms with Crippen LogP contribution in [0.2, 0.25) is 5.02 Å². The zero-order valence-electron chi connectivity index (χ0n) is 19.7. The number of aromatic nitrogens is 5. The molecule has 0 spiro atoms. The van der Waals surface area contributed by atoms with Gasteiger partial charge in [-0.05, 0) is 42.3 Å². The Labute approximate surface area is 219 Å². The van der Waals surface area contributed by atoms with Gasteiger partial charge in [0.15, 0.2) is 23.1 Å². The van der Waals surface area contributed by atoms with Crippen molar-refractivity contribution in [3.05, 3.63) is 94.0 Å². The number of amides is 1. The second kappa shape index (κ2) is 8.45. The Balaban J connectivity index is 1.45. The van der Waals surface area contributed by atoms with E-state index >= 15 is 0 Å². The van der Waals surface area contributed by atoms with Gasteiger partial charge in [-0.3, -0.25) is 4.79 Å². The number of carbonyl (C=O) groups is 1. The van der Waals surface area contributed by atoms with Crippen LogP contribution in [0, 0.1) is 11.6 Å². The van der Waals surface area contributed by atoms with Crippen LogP contribution in [0.25, 0.3) is 17.2 Å². The molecule has 0 saturated carbocycles. The topological polar surface area (TPSA) is 131 Å². The quantitative estimate of drug-likeness (QED) is 0.314. The Bertz CT molecular complexity index is 1790. The summed E-state index contributed by atoms with van der Waals surface area (Å²) in [4.78, 5) is 31.1. The molecule has 2 aromatic carbocycles. The number of nitrogen functional groups attached to an aromatic ring is 1. The minimum Gasteiger partial charge on any atom is -0.506 e. The molecule has 4 N–H and O–H groups in total. The van der Waals surface area contributed by atoms with E-state index in [4.69, 9.17) is 17.3 Å². The molecular weight excluding hydrogens is 516 g/mol. The van der Waals surface area contributed by atoms with Crippen LogP contribution in [0.1, 0.15) is 29.3 Å². The molecule has 12 heteroatoms. The number of phenolic OH excluding ortho intramolecular Hbond substituents is 1. The van der Waals surface area contributed by atoms with E-state index in [-0.39, 0.29) is 34.7 Å². The van der Waals surface area contributed by atoms with Crippen LogP contribution in [0.4, 0.5) is 20.4 Å². The summed E-state index contributed by atoms with van der Waals surface area (Å²) in [6.07, 6.45) is 5.12. The summed E-state index contributed by atoms with van der Waals surface area (Å²) in [5.41, 5.74) is 7.76.